The summed E-state index contributed by atoms with van der Waals surface area (Å²) in [7, 11) is 1.68. The van der Waals surface area contributed by atoms with Crippen LogP contribution in [0.4, 0.5) is 9.59 Å². The van der Waals surface area contributed by atoms with Crippen molar-refractivity contribution in [2.24, 2.45) is 0 Å². The van der Waals surface area contributed by atoms with Crippen molar-refractivity contribution >= 4 is 18.0 Å². The Morgan fingerprint density at radius 1 is 1.19 bits per heavy atom. The van der Waals surface area contributed by atoms with Crippen molar-refractivity contribution in [2.75, 3.05) is 39.8 Å². The zero-order chi connectivity index (χ0) is 26.8. The zero-order valence-electron chi connectivity index (χ0n) is 22.9. The highest BCUT2D eigenvalue weighted by atomic mass is 16.5. The molecule has 1 fully saturated rings. The number of nitrogens with one attached hydrogen (secondary N) is 2. The minimum absolute atomic E-state index is 0.0229. The number of nitrogens with zero attached hydrogens (tertiary/aromatic N) is 3. The molecule has 3 rings (SSSR count). The summed E-state index contributed by atoms with van der Waals surface area (Å²) in [4.78, 5) is 44.6. The minimum atomic E-state index is -0.598. The second-order valence-electron chi connectivity index (χ2n) is 10.8. The van der Waals surface area contributed by atoms with Gasteiger partial charge in [0.05, 0.1) is 18.2 Å². The standard InChI is InChI=1S/C27H41N5O4/c1-9-36-24(33)22-21(16-31-12-13-32(19(4)15-31)26(35)29-27(5,6)7)30(8)25(34)28-23(22)20-14-17(2)10-11-18(20)3/h10-11,14,19,23H,9,12-13,15-16H2,1-8H3,(H,28,34)(H,29,35)/t19-,23+/m1/s1. The lowest BCUT2D eigenvalue weighted by Gasteiger charge is -2.43. The number of carbonyl (C=O) groups excluding carboxylic acids is 3. The van der Waals surface area contributed by atoms with E-state index in [1.54, 1.807) is 14.0 Å². The van der Waals surface area contributed by atoms with Crippen molar-refractivity contribution in [1.82, 2.24) is 25.3 Å². The molecule has 0 spiro atoms. The van der Waals surface area contributed by atoms with E-state index in [1.807, 2.05) is 64.6 Å². The molecule has 1 aromatic rings. The number of benzene rings is 1. The van der Waals surface area contributed by atoms with E-state index in [9.17, 15) is 14.4 Å². The van der Waals surface area contributed by atoms with E-state index >= 15 is 0 Å². The van der Waals surface area contributed by atoms with Crippen LogP contribution in [0.5, 0.6) is 0 Å². The number of hydrogen-bond donors (Lipinski definition) is 2. The fourth-order valence-corrected chi connectivity index (χ4v) is 4.79. The Kier molecular flexibility index (Phi) is 8.33. The maximum absolute atomic E-state index is 13.3. The maximum atomic E-state index is 13.3. The molecule has 9 heteroatoms. The lowest BCUT2D eigenvalue weighted by Crippen LogP contribution is -2.59. The van der Waals surface area contributed by atoms with Gasteiger partial charge in [-0.15, -0.1) is 0 Å². The fourth-order valence-electron chi connectivity index (χ4n) is 4.79. The van der Waals surface area contributed by atoms with E-state index in [2.05, 4.69) is 15.5 Å². The Bertz CT molecular complexity index is 1050. The van der Waals surface area contributed by atoms with E-state index in [0.717, 1.165) is 16.7 Å². The first kappa shape index (κ1) is 27.5. The van der Waals surface area contributed by atoms with Gasteiger partial charge in [0.25, 0.3) is 0 Å². The first-order chi connectivity index (χ1) is 16.8. The summed E-state index contributed by atoms with van der Waals surface area (Å²) in [6.07, 6.45) is 0. The number of piperazine rings is 1. The maximum Gasteiger partial charge on any atom is 0.338 e. The highest BCUT2D eigenvalue weighted by Crippen LogP contribution is 2.33. The summed E-state index contributed by atoms with van der Waals surface area (Å²) in [5.41, 5.74) is 3.69. The number of likely N-dealkylation sites (N-methyl/N-ethyl adjacent to an activating group) is 1. The Morgan fingerprint density at radius 3 is 2.50 bits per heavy atom. The molecule has 2 atom stereocenters. The number of aryl methyl sites for hydroxylation is 2. The zero-order valence-corrected chi connectivity index (χ0v) is 22.9. The Morgan fingerprint density at radius 2 is 1.89 bits per heavy atom. The fraction of sp³-hybridized carbons (Fsp3) is 0.593. The van der Waals surface area contributed by atoms with Gasteiger partial charge in [0, 0.05) is 50.5 Å². The second kappa shape index (κ2) is 10.9. The molecule has 0 unspecified atom stereocenters. The topological polar surface area (TPSA) is 94.2 Å². The van der Waals surface area contributed by atoms with Crippen LogP contribution >= 0.6 is 0 Å². The summed E-state index contributed by atoms with van der Waals surface area (Å²) in [5.74, 6) is -0.429. The summed E-state index contributed by atoms with van der Waals surface area (Å²) in [5, 5.41) is 6.04. The van der Waals surface area contributed by atoms with Gasteiger partial charge in [-0.3, -0.25) is 9.80 Å². The second-order valence-corrected chi connectivity index (χ2v) is 10.8. The molecule has 0 aromatic heterocycles. The number of amides is 4. The molecule has 2 N–H and O–H groups in total. The van der Waals surface area contributed by atoms with Crippen LogP contribution < -0.4 is 10.6 Å². The van der Waals surface area contributed by atoms with Gasteiger partial charge in [-0.1, -0.05) is 23.8 Å². The third-order valence-corrected chi connectivity index (χ3v) is 6.65. The lowest BCUT2D eigenvalue weighted by atomic mass is 9.90. The Balaban J connectivity index is 1.93. The smallest absolute Gasteiger partial charge is 0.338 e. The van der Waals surface area contributed by atoms with Gasteiger partial charge in [-0.05, 0) is 59.6 Å². The average Bonchev–Trinajstić information content (AvgIpc) is 2.77. The van der Waals surface area contributed by atoms with E-state index in [0.29, 0.717) is 37.4 Å². The summed E-state index contributed by atoms with van der Waals surface area (Å²) >= 11 is 0. The summed E-state index contributed by atoms with van der Waals surface area (Å²) in [6, 6.07) is 5.06. The summed E-state index contributed by atoms with van der Waals surface area (Å²) < 4.78 is 5.47. The molecule has 0 radical (unpaired) electrons. The lowest BCUT2D eigenvalue weighted by molar-refractivity contribution is -0.139. The predicted octanol–water partition coefficient (Wildman–Crippen LogP) is 3.33. The van der Waals surface area contributed by atoms with Gasteiger partial charge in [-0.2, -0.15) is 0 Å². The first-order valence-corrected chi connectivity index (χ1v) is 12.6. The van der Waals surface area contributed by atoms with Crippen LogP contribution in [0.2, 0.25) is 0 Å². The molecule has 1 saturated heterocycles. The third kappa shape index (κ3) is 6.19. The van der Waals surface area contributed by atoms with E-state index < -0.39 is 12.0 Å². The van der Waals surface area contributed by atoms with Crippen LogP contribution in [0.15, 0.2) is 29.5 Å². The molecule has 1 aromatic carbocycles. The Labute approximate surface area is 214 Å². The third-order valence-electron chi connectivity index (χ3n) is 6.65. The van der Waals surface area contributed by atoms with Crippen LogP contribution in [0, 0.1) is 13.8 Å². The Hall–Kier alpha value is -3.07. The molecule has 2 aliphatic rings. The minimum Gasteiger partial charge on any atom is -0.463 e. The summed E-state index contributed by atoms with van der Waals surface area (Å²) in [6.45, 7) is 16.1. The van der Waals surface area contributed by atoms with Crippen molar-refractivity contribution in [1.29, 1.82) is 0 Å². The molecular formula is C27H41N5O4. The van der Waals surface area contributed by atoms with Crippen LogP contribution in [-0.2, 0) is 9.53 Å². The normalized spacial score (nSPS) is 21.4. The molecule has 9 nitrogen and oxygen atoms in total. The van der Waals surface area contributed by atoms with Crippen LogP contribution in [0.25, 0.3) is 0 Å². The van der Waals surface area contributed by atoms with Gasteiger partial charge in [-0.25, -0.2) is 14.4 Å². The van der Waals surface area contributed by atoms with Gasteiger partial charge < -0.3 is 20.3 Å². The van der Waals surface area contributed by atoms with E-state index in [-0.39, 0.29) is 30.2 Å². The SMILES string of the molecule is CCOC(=O)C1=C(CN2CCN(C(=O)NC(C)(C)C)[C@H](C)C2)N(C)C(=O)N[C@H]1c1cc(C)ccc1C. The average molecular weight is 500 g/mol. The molecule has 0 aliphatic carbocycles. The number of esters is 1. The monoisotopic (exact) mass is 499 g/mol. The number of ether oxygens (including phenoxy) is 1. The molecule has 0 saturated carbocycles. The van der Waals surface area contributed by atoms with Crippen molar-refractivity contribution < 1.29 is 19.1 Å². The first-order valence-electron chi connectivity index (χ1n) is 12.6. The molecule has 36 heavy (non-hydrogen) atoms. The molecule has 198 valence electrons. The number of carbonyl (C=O) groups is 3. The van der Waals surface area contributed by atoms with E-state index in [1.165, 1.54) is 4.90 Å². The van der Waals surface area contributed by atoms with Crippen LogP contribution in [-0.4, -0.2) is 84.1 Å². The predicted molar refractivity (Wildman–Crippen MR) is 140 cm³/mol. The van der Waals surface area contributed by atoms with Gasteiger partial charge >= 0.3 is 18.0 Å². The largest absolute Gasteiger partial charge is 0.463 e. The van der Waals surface area contributed by atoms with Gasteiger partial charge in [0.2, 0.25) is 0 Å². The highest BCUT2D eigenvalue weighted by Gasteiger charge is 2.39. The number of urea groups is 2. The molecular weight excluding hydrogens is 458 g/mol. The molecule has 2 aliphatic heterocycles. The number of rotatable bonds is 5. The van der Waals surface area contributed by atoms with Crippen LogP contribution in [0.1, 0.15) is 57.4 Å². The van der Waals surface area contributed by atoms with Crippen molar-refractivity contribution in [3.63, 3.8) is 0 Å². The molecule has 2 heterocycles. The van der Waals surface area contributed by atoms with Crippen molar-refractivity contribution in [2.45, 2.75) is 66.1 Å². The van der Waals surface area contributed by atoms with Crippen molar-refractivity contribution in [3.8, 4) is 0 Å². The van der Waals surface area contributed by atoms with Crippen LogP contribution in [0.3, 0.4) is 0 Å². The quantitative estimate of drug-likeness (QED) is 0.606. The van der Waals surface area contributed by atoms with Crippen molar-refractivity contribution in [3.05, 3.63) is 46.2 Å². The highest BCUT2D eigenvalue weighted by molar-refractivity contribution is 5.95. The molecule has 0 bridgehead atoms. The van der Waals surface area contributed by atoms with Gasteiger partial charge in [0.1, 0.15) is 0 Å². The van der Waals surface area contributed by atoms with Gasteiger partial charge in [0.15, 0.2) is 0 Å². The number of hydrogen-bond acceptors (Lipinski definition) is 5. The van der Waals surface area contributed by atoms with E-state index in [4.69, 9.17) is 4.74 Å². The molecule has 4 amide bonds.